The molecule has 15 nitrogen and oxygen atoms in total. The summed E-state index contributed by atoms with van der Waals surface area (Å²) in [4.78, 5) is 72.5. The maximum Gasteiger partial charge on any atom is 0.407 e. The molecule has 3 fully saturated rings. The number of benzene rings is 3. The van der Waals surface area contributed by atoms with E-state index in [0.717, 1.165) is 75.9 Å². The molecule has 0 unspecified atom stereocenters. The highest BCUT2D eigenvalue weighted by molar-refractivity contribution is 5.91. The molecule has 3 aliphatic rings. The van der Waals surface area contributed by atoms with Crippen LogP contribution in [-0.2, 0) is 23.8 Å². The molecule has 332 valence electrons. The number of H-pyrrole nitrogens is 2. The molecule has 2 saturated heterocycles. The predicted molar refractivity (Wildman–Crippen MR) is 238 cm³/mol. The lowest BCUT2D eigenvalue weighted by Crippen LogP contribution is -2.51. The lowest BCUT2D eigenvalue weighted by Gasteiger charge is -2.32. The molecule has 1 aliphatic carbocycles. The first kappa shape index (κ1) is 43.4. The highest BCUT2D eigenvalue weighted by Crippen LogP contribution is 2.58. The van der Waals surface area contributed by atoms with Crippen LogP contribution < -0.4 is 10.6 Å². The Morgan fingerprint density at radius 3 is 2.02 bits per heavy atom. The molecule has 5 aromatic rings. The quantitative estimate of drug-likeness (QED) is 0.0919. The topological polar surface area (TPSA) is 184 Å². The normalized spacial score (nSPS) is 21.1. The standard InChI is InChI=1S/C48H58N8O7/c1-27(2)40(54-47(60)63-7)45(58)55-26-48(17-18-48)23-39(55)42-49-25-38(51-42)35-15-14-33-21-32(12-13-34(33)22-35)30-8-10-31(11-9-30)37-24-50-43(52-37)41-28(3)20-29(4)56(41)44(57)36(16-19-61-5)53-46(59)62-6/h8-15,21-22,24-25,27-29,36,39-41H,16-20,23,26H2,1-7H3,(H,49,51)(H,50,52)(H,53,59)(H,54,60)/t28-,29+,36-,39-,40-,41-/m0/s1. The molecule has 1 saturated carbocycles. The number of carbonyl (C=O) groups is 4. The number of carbonyl (C=O) groups excluding carboxylic acids is 4. The molecule has 8 rings (SSSR count). The first-order valence-electron chi connectivity index (χ1n) is 21.9. The van der Waals surface area contributed by atoms with Crippen molar-refractivity contribution in [3.8, 4) is 33.6 Å². The first-order valence-corrected chi connectivity index (χ1v) is 21.9. The van der Waals surface area contributed by atoms with E-state index in [1.807, 2.05) is 43.0 Å². The van der Waals surface area contributed by atoms with Gasteiger partial charge >= 0.3 is 12.2 Å². The summed E-state index contributed by atoms with van der Waals surface area (Å²) in [5.74, 6) is 1.19. The number of hydrogen-bond donors (Lipinski definition) is 4. The van der Waals surface area contributed by atoms with Gasteiger partial charge in [0, 0.05) is 38.3 Å². The van der Waals surface area contributed by atoms with Crippen molar-refractivity contribution in [1.29, 1.82) is 0 Å². The molecule has 4 amide bonds. The number of likely N-dealkylation sites (tertiary alicyclic amines) is 2. The summed E-state index contributed by atoms with van der Waals surface area (Å²) in [5.41, 5.74) is 5.97. The Balaban J connectivity index is 0.962. The van der Waals surface area contributed by atoms with Crippen molar-refractivity contribution in [3.05, 3.63) is 84.7 Å². The van der Waals surface area contributed by atoms with E-state index in [9.17, 15) is 19.2 Å². The average molecular weight is 859 g/mol. The molecule has 2 aliphatic heterocycles. The molecule has 2 aromatic heterocycles. The van der Waals surface area contributed by atoms with E-state index in [1.54, 1.807) is 7.11 Å². The van der Waals surface area contributed by atoms with Crippen LogP contribution in [0.1, 0.15) is 83.5 Å². The van der Waals surface area contributed by atoms with Crippen molar-refractivity contribution in [2.45, 2.75) is 90.0 Å². The Morgan fingerprint density at radius 1 is 0.778 bits per heavy atom. The second kappa shape index (κ2) is 17.9. The van der Waals surface area contributed by atoms with E-state index in [-0.39, 0.29) is 47.2 Å². The van der Waals surface area contributed by atoms with Gasteiger partial charge in [0.05, 0.1) is 50.1 Å². The molecule has 1 spiro atoms. The van der Waals surface area contributed by atoms with Gasteiger partial charge in [0.15, 0.2) is 0 Å². The number of methoxy groups -OCH3 is 3. The van der Waals surface area contributed by atoms with Gasteiger partial charge in [-0.05, 0) is 89.5 Å². The summed E-state index contributed by atoms with van der Waals surface area (Å²) in [6, 6.07) is 19.1. The maximum absolute atomic E-state index is 13.9. The number of hydrogen-bond acceptors (Lipinski definition) is 9. The molecular weight excluding hydrogens is 801 g/mol. The van der Waals surface area contributed by atoms with Crippen molar-refractivity contribution >= 4 is 34.8 Å². The molecule has 4 N–H and O–H groups in total. The summed E-state index contributed by atoms with van der Waals surface area (Å²) < 4.78 is 14.9. The number of amides is 4. The van der Waals surface area contributed by atoms with Crippen molar-refractivity contribution < 1.29 is 33.4 Å². The third-order valence-electron chi connectivity index (χ3n) is 13.3. The number of aromatic nitrogens is 4. The summed E-state index contributed by atoms with van der Waals surface area (Å²) in [7, 11) is 4.15. The lowest BCUT2D eigenvalue weighted by molar-refractivity contribution is -0.137. The van der Waals surface area contributed by atoms with Crippen molar-refractivity contribution in [1.82, 2.24) is 40.4 Å². The molecular formula is C48H58N8O7. The van der Waals surface area contributed by atoms with Crippen LogP contribution in [0.5, 0.6) is 0 Å². The van der Waals surface area contributed by atoms with Gasteiger partial charge in [0.2, 0.25) is 11.8 Å². The number of alkyl carbamates (subject to hydrolysis) is 2. The Morgan fingerprint density at radius 2 is 1.37 bits per heavy atom. The lowest BCUT2D eigenvalue weighted by atomic mass is 9.98. The van der Waals surface area contributed by atoms with Gasteiger partial charge < -0.3 is 44.6 Å². The number of imidazole rings is 2. The molecule has 15 heteroatoms. The fourth-order valence-corrected chi connectivity index (χ4v) is 9.63. The van der Waals surface area contributed by atoms with E-state index in [2.05, 4.69) is 88.2 Å². The summed E-state index contributed by atoms with van der Waals surface area (Å²) in [6.07, 6.45) is 6.51. The van der Waals surface area contributed by atoms with Crippen molar-refractivity contribution in [2.75, 3.05) is 34.5 Å². The van der Waals surface area contributed by atoms with Gasteiger partial charge in [-0.15, -0.1) is 0 Å². The van der Waals surface area contributed by atoms with Gasteiger partial charge in [0.1, 0.15) is 23.7 Å². The van der Waals surface area contributed by atoms with Gasteiger partial charge in [-0.2, -0.15) is 0 Å². The molecule has 63 heavy (non-hydrogen) atoms. The van der Waals surface area contributed by atoms with Crippen molar-refractivity contribution in [3.63, 3.8) is 0 Å². The van der Waals surface area contributed by atoms with Gasteiger partial charge in [0.25, 0.3) is 0 Å². The minimum absolute atomic E-state index is 0.0499. The highest BCUT2D eigenvalue weighted by Gasteiger charge is 2.55. The zero-order chi connectivity index (χ0) is 44.6. The molecule has 0 bridgehead atoms. The van der Waals surface area contributed by atoms with E-state index in [4.69, 9.17) is 24.2 Å². The van der Waals surface area contributed by atoms with Crippen LogP contribution in [0.15, 0.2) is 73.1 Å². The van der Waals surface area contributed by atoms with E-state index >= 15 is 0 Å². The van der Waals surface area contributed by atoms with Crippen LogP contribution in [0.3, 0.4) is 0 Å². The van der Waals surface area contributed by atoms with Gasteiger partial charge in [-0.1, -0.05) is 69.3 Å². The SMILES string of the molecule is COCC[C@H](NC(=O)OC)C(=O)N1[C@H](C)C[C@H](C)[C@H]1c1ncc(-c2ccc(-c3ccc4cc(-c5cnc([C@@H]6CC7(CC7)CN6C(=O)[C@@H](NC(=O)OC)C(C)C)[nH]5)ccc4c3)cc2)[nH]1. The summed E-state index contributed by atoms with van der Waals surface area (Å²) in [5, 5.41) is 7.64. The minimum atomic E-state index is -0.789. The Hall–Kier alpha value is -6.22. The number of nitrogens with zero attached hydrogens (tertiary/aromatic N) is 4. The fraction of sp³-hybridized carbons (Fsp3) is 0.458. The maximum atomic E-state index is 13.9. The number of aromatic amines is 2. The number of nitrogens with one attached hydrogen (secondary N) is 4. The largest absolute Gasteiger partial charge is 0.453 e. The Labute approximate surface area is 367 Å². The van der Waals surface area contributed by atoms with Crippen LogP contribution in [0.4, 0.5) is 9.59 Å². The van der Waals surface area contributed by atoms with Crippen molar-refractivity contribution in [2.24, 2.45) is 17.3 Å². The van der Waals surface area contributed by atoms with Crippen LogP contribution in [0.25, 0.3) is 44.4 Å². The van der Waals surface area contributed by atoms with E-state index < -0.39 is 24.3 Å². The Bertz CT molecular complexity index is 2480. The second-order valence-electron chi connectivity index (χ2n) is 18.0. The van der Waals surface area contributed by atoms with Crippen LogP contribution in [0, 0.1) is 17.3 Å². The molecule has 4 heterocycles. The third-order valence-corrected chi connectivity index (χ3v) is 13.3. The van der Waals surface area contributed by atoms with Crippen LogP contribution in [-0.4, -0.2) is 106 Å². The van der Waals surface area contributed by atoms with Gasteiger partial charge in [-0.25, -0.2) is 19.6 Å². The molecule has 3 aromatic carbocycles. The highest BCUT2D eigenvalue weighted by atomic mass is 16.5. The van der Waals surface area contributed by atoms with Crippen LogP contribution >= 0.6 is 0 Å². The third kappa shape index (κ3) is 8.88. The molecule has 6 atom stereocenters. The summed E-state index contributed by atoms with van der Waals surface area (Å²) >= 11 is 0. The zero-order valence-electron chi connectivity index (χ0n) is 37.1. The van der Waals surface area contributed by atoms with Crippen LogP contribution in [0.2, 0.25) is 0 Å². The van der Waals surface area contributed by atoms with Gasteiger partial charge in [-0.3, -0.25) is 9.59 Å². The minimum Gasteiger partial charge on any atom is -0.453 e. The second-order valence-corrected chi connectivity index (χ2v) is 18.0. The molecule has 0 radical (unpaired) electrons. The summed E-state index contributed by atoms with van der Waals surface area (Å²) in [6.45, 7) is 8.96. The number of rotatable bonds is 13. The van der Waals surface area contributed by atoms with E-state index in [0.29, 0.717) is 25.4 Å². The smallest absolute Gasteiger partial charge is 0.407 e. The number of ether oxygens (including phenoxy) is 3. The number of fused-ring (bicyclic) bond motifs is 1. The van der Waals surface area contributed by atoms with E-state index in [1.165, 1.54) is 14.2 Å². The monoisotopic (exact) mass is 858 g/mol. The zero-order valence-corrected chi connectivity index (χ0v) is 37.1. The average Bonchev–Trinajstić information content (AvgIpc) is 3.70. The Kier molecular flexibility index (Phi) is 12.3. The first-order chi connectivity index (χ1) is 30.3. The fourth-order valence-electron chi connectivity index (χ4n) is 9.63. The predicted octanol–water partition coefficient (Wildman–Crippen LogP) is 7.78.